The second kappa shape index (κ2) is 18.9. The van der Waals surface area contributed by atoms with Crippen molar-refractivity contribution in [1.82, 2.24) is 9.97 Å². The van der Waals surface area contributed by atoms with E-state index in [1.54, 1.807) is 60.9 Å². The van der Waals surface area contributed by atoms with E-state index >= 15 is 0 Å². The van der Waals surface area contributed by atoms with Gasteiger partial charge in [0.25, 0.3) is 0 Å². The van der Waals surface area contributed by atoms with Gasteiger partial charge in [0, 0.05) is 34.8 Å². The Kier molecular flexibility index (Phi) is 16.8. The number of nitrogens with two attached hydrogens (primary N) is 2. The molecule has 4 rings (SSSR count). The minimum absolute atomic E-state index is 0. The van der Waals surface area contributed by atoms with Gasteiger partial charge in [-0.15, -0.1) is 0 Å². The van der Waals surface area contributed by atoms with Crippen LogP contribution in [-0.2, 0) is 17.1 Å². The maximum Gasteiger partial charge on any atom is 2.00 e. The molecule has 4 N–H and O–H groups in total. The zero-order valence-electron chi connectivity index (χ0n) is 19.8. The van der Waals surface area contributed by atoms with Crippen LogP contribution in [0.25, 0.3) is 0 Å². The summed E-state index contributed by atoms with van der Waals surface area (Å²) in [6.07, 6.45) is 6.05. The zero-order chi connectivity index (χ0) is 28.5. The van der Waals surface area contributed by atoms with Crippen molar-refractivity contribution >= 4 is 47.0 Å². The quantitative estimate of drug-likeness (QED) is 0.323. The van der Waals surface area contributed by atoms with Gasteiger partial charge in [0.05, 0.1) is 23.1 Å². The number of rotatable bonds is 4. The summed E-state index contributed by atoms with van der Waals surface area (Å²) in [6.45, 7) is 0. The number of carboxylic acid groups (broad SMARTS) is 2. The Balaban J connectivity index is 0.000000490. The predicted octanol–water partition coefficient (Wildman–Crippen LogP) is 1.77. The van der Waals surface area contributed by atoms with Gasteiger partial charge in [-0.2, -0.15) is 0 Å². The van der Waals surface area contributed by atoms with Gasteiger partial charge in [-0.3, -0.25) is 19.6 Å². The molecule has 2 amide bonds. The fraction of sp³-hybridized carbons (Fsp3) is 0. The molecular formula is C26H20Cl2CuN4O6. The van der Waals surface area contributed by atoms with Crippen molar-refractivity contribution in [1.29, 1.82) is 0 Å². The van der Waals surface area contributed by atoms with Crippen molar-refractivity contribution in [2.24, 2.45) is 11.5 Å². The van der Waals surface area contributed by atoms with Crippen LogP contribution in [0, 0.1) is 0 Å². The molecule has 4 aromatic rings. The molecule has 0 spiro atoms. The van der Waals surface area contributed by atoms with Crippen molar-refractivity contribution in [3.63, 3.8) is 0 Å². The molecule has 0 bridgehead atoms. The summed E-state index contributed by atoms with van der Waals surface area (Å²) in [5.74, 6) is -3.30. The average molecular weight is 619 g/mol. The van der Waals surface area contributed by atoms with E-state index in [-0.39, 0.29) is 28.2 Å². The minimum atomic E-state index is -1.21. The summed E-state index contributed by atoms with van der Waals surface area (Å²) in [6, 6.07) is 18.5. The summed E-state index contributed by atoms with van der Waals surface area (Å²) in [7, 11) is 0. The first-order valence-electron chi connectivity index (χ1n) is 10.3. The van der Waals surface area contributed by atoms with Crippen LogP contribution in [0.3, 0.4) is 0 Å². The number of benzene rings is 2. The number of carbonyl (C=O) groups excluding carboxylic acids is 4. The van der Waals surface area contributed by atoms with Crippen LogP contribution in [0.15, 0.2) is 97.6 Å². The molecule has 39 heavy (non-hydrogen) atoms. The number of halogens is 2. The molecular weight excluding hydrogens is 599 g/mol. The first kappa shape index (κ1) is 34.7. The van der Waals surface area contributed by atoms with Crippen LogP contribution in [0.4, 0.5) is 0 Å². The van der Waals surface area contributed by atoms with Crippen LogP contribution in [0.1, 0.15) is 41.4 Å². The van der Waals surface area contributed by atoms with Gasteiger partial charge >= 0.3 is 17.1 Å². The molecule has 0 aliphatic carbocycles. The van der Waals surface area contributed by atoms with Gasteiger partial charge in [-0.25, -0.2) is 0 Å². The van der Waals surface area contributed by atoms with Crippen LogP contribution in [0.5, 0.6) is 0 Å². The van der Waals surface area contributed by atoms with Crippen molar-refractivity contribution in [2.45, 2.75) is 0 Å². The number of carboxylic acids is 2. The third-order valence-corrected chi connectivity index (χ3v) is 4.48. The van der Waals surface area contributed by atoms with Crippen LogP contribution in [0.2, 0.25) is 10.0 Å². The summed E-state index contributed by atoms with van der Waals surface area (Å²) >= 11 is 11.0. The molecule has 0 aliphatic rings. The Hall–Kier alpha value is -4.28. The standard InChI is InChI=1S/2C7H5ClO2.2C6H6N2O.Cu/c2*8-6-3-1-2-5(4-6)7(9)10;2*7-6(9)5-2-1-3-8-4-5;/h2*1-4H,(H,9,10);2*1-4H,(H2,7,9);/q;;;;+2/p-2. The second-order valence-corrected chi connectivity index (χ2v) is 7.68. The third-order valence-electron chi connectivity index (χ3n) is 4.01. The number of hydrogen-bond acceptors (Lipinski definition) is 8. The topological polar surface area (TPSA) is 192 Å². The second-order valence-electron chi connectivity index (χ2n) is 6.81. The average Bonchev–Trinajstić information content (AvgIpc) is 2.91. The molecule has 13 heteroatoms. The monoisotopic (exact) mass is 617 g/mol. The minimum Gasteiger partial charge on any atom is -0.545 e. The molecule has 205 valence electrons. The Morgan fingerprint density at radius 2 is 0.923 bits per heavy atom. The van der Waals surface area contributed by atoms with Gasteiger partial charge in [0.15, 0.2) is 0 Å². The van der Waals surface area contributed by atoms with Gasteiger partial charge in [0.2, 0.25) is 11.8 Å². The number of carbonyl (C=O) groups is 4. The van der Waals surface area contributed by atoms with E-state index in [9.17, 15) is 29.4 Å². The summed E-state index contributed by atoms with van der Waals surface area (Å²) < 4.78 is 0. The Morgan fingerprint density at radius 1 is 0.590 bits per heavy atom. The molecule has 0 aliphatic heterocycles. The van der Waals surface area contributed by atoms with Gasteiger partial charge < -0.3 is 31.3 Å². The molecule has 10 nitrogen and oxygen atoms in total. The van der Waals surface area contributed by atoms with Crippen LogP contribution in [-0.4, -0.2) is 33.7 Å². The van der Waals surface area contributed by atoms with Crippen LogP contribution < -0.4 is 21.7 Å². The van der Waals surface area contributed by atoms with Crippen molar-refractivity contribution in [3.05, 3.63) is 130 Å². The summed E-state index contributed by atoms with van der Waals surface area (Å²) in [5, 5.41) is 21.2. The molecule has 0 saturated carbocycles. The third kappa shape index (κ3) is 14.9. The Morgan fingerprint density at radius 3 is 1.10 bits per heavy atom. The molecule has 0 unspecified atom stereocenters. The number of primary amides is 2. The van der Waals surface area contributed by atoms with Crippen molar-refractivity contribution < 1.29 is 46.5 Å². The summed E-state index contributed by atoms with van der Waals surface area (Å²) in [4.78, 5) is 48.5. The first-order chi connectivity index (χ1) is 18.0. The maximum atomic E-state index is 10.4. The van der Waals surface area contributed by atoms with E-state index in [4.69, 9.17) is 34.7 Å². The predicted molar refractivity (Wildman–Crippen MR) is 137 cm³/mol. The van der Waals surface area contributed by atoms with Crippen molar-refractivity contribution in [3.8, 4) is 0 Å². The number of aromatic nitrogens is 2. The maximum absolute atomic E-state index is 10.4. The number of amides is 2. The molecule has 1 radical (unpaired) electrons. The fourth-order valence-electron chi connectivity index (χ4n) is 2.25. The molecule has 2 aromatic heterocycles. The largest absolute Gasteiger partial charge is 2.00 e. The first-order valence-corrected chi connectivity index (χ1v) is 11.1. The SMILES string of the molecule is NC(=O)c1cccnc1.NC(=O)c1cccnc1.O=C([O-])c1cccc(Cl)c1.O=C([O-])c1cccc(Cl)c1.[Cu+2]. The Labute approximate surface area is 244 Å². The molecule has 2 heterocycles. The van der Waals surface area contributed by atoms with Gasteiger partial charge in [-0.1, -0.05) is 47.5 Å². The number of hydrogen-bond donors (Lipinski definition) is 2. The number of pyridine rings is 2. The molecule has 0 fully saturated rings. The normalized spacial score (nSPS) is 8.87. The Bertz CT molecular complexity index is 1260. The molecule has 0 atom stereocenters. The van der Waals surface area contributed by atoms with Gasteiger partial charge in [0.1, 0.15) is 0 Å². The van der Waals surface area contributed by atoms with E-state index in [1.807, 2.05) is 0 Å². The molecule has 0 saturated heterocycles. The smallest absolute Gasteiger partial charge is 0.545 e. The fourth-order valence-corrected chi connectivity index (χ4v) is 2.63. The number of nitrogens with zero attached hydrogens (tertiary/aromatic N) is 2. The van der Waals surface area contributed by atoms with E-state index in [0.29, 0.717) is 21.2 Å². The van der Waals surface area contributed by atoms with Crippen LogP contribution >= 0.6 is 23.2 Å². The number of aromatic carboxylic acids is 2. The zero-order valence-corrected chi connectivity index (χ0v) is 22.2. The van der Waals surface area contributed by atoms with Crippen molar-refractivity contribution in [2.75, 3.05) is 0 Å². The van der Waals surface area contributed by atoms with E-state index < -0.39 is 23.8 Å². The van der Waals surface area contributed by atoms with E-state index in [2.05, 4.69) is 9.97 Å². The molecule has 2 aromatic carbocycles. The van der Waals surface area contributed by atoms with E-state index in [1.165, 1.54) is 36.7 Å². The van der Waals surface area contributed by atoms with E-state index in [0.717, 1.165) is 0 Å². The summed E-state index contributed by atoms with van der Waals surface area (Å²) in [5.41, 5.74) is 11.0. The van der Waals surface area contributed by atoms with Gasteiger partial charge in [-0.05, 0) is 59.7 Å².